The molecule has 1 saturated heterocycles. The highest BCUT2D eigenvalue weighted by molar-refractivity contribution is 5.89. The van der Waals surface area contributed by atoms with Gasteiger partial charge in [0.05, 0.1) is 11.8 Å². The third kappa shape index (κ3) is 0.887. The predicted molar refractivity (Wildman–Crippen MR) is 70.7 cm³/mol. The third-order valence-electron chi connectivity index (χ3n) is 5.01. The molecule has 5 rings (SSSR count). The molecular weight excluding hydrogens is 236 g/mol. The molecule has 92 valence electrons. The van der Waals surface area contributed by atoms with Gasteiger partial charge in [0.2, 0.25) is 0 Å². The van der Waals surface area contributed by atoms with Crippen molar-refractivity contribution in [1.82, 2.24) is 0 Å². The Morgan fingerprint density at radius 3 is 1.95 bits per heavy atom. The van der Waals surface area contributed by atoms with E-state index < -0.39 is 0 Å². The minimum absolute atomic E-state index is 0.0567. The zero-order valence-electron chi connectivity index (χ0n) is 10.3. The second-order valence-electron chi connectivity index (χ2n) is 5.82. The molecule has 1 heterocycles. The van der Waals surface area contributed by atoms with Gasteiger partial charge < -0.3 is 4.74 Å². The van der Waals surface area contributed by atoms with E-state index in [1.165, 1.54) is 22.3 Å². The number of hydrogen-bond acceptors (Lipinski definition) is 2. The molecule has 1 saturated carbocycles. The van der Waals surface area contributed by atoms with Crippen LogP contribution in [0.5, 0.6) is 0 Å². The SMILES string of the molecule is O=C1C[C@@]2(CC23c2ccccc2-c2ccccc23)O1. The second-order valence-corrected chi connectivity index (χ2v) is 5.82. The van der Waals surface area contributed by atoms with Crippen LogP contribution in [-0.4, -0.2) is 11.6 Å². The molecular formula is C17H12O2. The molecule has 3 aliphatic rings. The molecule has 2 fully saturated rings. The highest BCUT2D eigenvalue weighted by Gasteiger charge is 2.79. The maximum absolute atomic E-state index is 11.3. The first-order valence-corrected chi connectivity index (χ1v) is 6.68. The smallest absolute Gasteiger partial charge is 0.310 e. The molecule has 0 unspecified atom stereocenters. The quantitative estimate of drug-likeness (QED) is 0.670. The largest absolute Gasteiger partial charge is 0.457 e. The number of rotatable bonds is 0. The summed E-state index contributed by atoms with van der Waals surface area (Å²) < 4.78 is 5.55. The van der Waals surface area contributed by atoms with Gasteiger partial charge in [-0.25, -0.2) is 0 Å². The maximum atomic E-state index is 11.3. The fraction of sp³-hybridized carbons (Fsp3) is 0.235. The molecule has 19 heavy (non-hydrogen) atoms. The number of benzene rings is 2. The Labute approximate surface area is 111 Å². The van der Waals surface area contributed by atoms with Crippen molar-refractivity contribution < 1.29 is 9.53 Å². The number of fused-ring (bicyclic) bond motifs is 6. The number of carbonyl (C=O) groups is 1. The van der Waals surface area contributed by atoms with Crippen molar-refractivity contribution in [1.29, 1.82) is 0 Å². The van der Waals surface area contributed by atoms with Crippen molar-refractivity contribution in [3.63, 3.8) is 0 Å². The van der Waals surface area contributed by atoms with E-state index in [2.05, 4.69) is 48.5 Å². The zero-order valence-corrected chi connectivity index (χ0v) is 10.3. The Kier molecular flexibility index (Phi) is 1.41. The molecule has 2 aliphatic carbocycles. The minimum Gasteiger partial charge on any atom is -0.457 e. The van der Waals surface area contributed by atoms with E-state index in [1.54, 1.807) is 0 Å². The van der Waals surface area contributed by atoms with Crippen LogP contribution >= 0.6 is 0 Å². The Balaban J connectivity index is 1.82. The Morgan fingerprint density at radius 1 is 0.895 bits per heavy atom. The van der Waals surface area contributed by atoms with Gasteiger partial charge in [-0.1, -0.05) is 48.5 Å². The molecule has 0 radical (unpaired) electrons. The number of ether oxygens (including phenoxy) is 1. The van der Waals surface area contributed by atoms with Gasteiger partial charge in [-0.2, -0.15) is 0 Å². The molecule has 0 amide bonds. The van der Waals surface area contributed by atoms with Crippen LogP contribution in [0.15, 0.2) is 48.5 Å². The van der Waals surface area contributed by atoms with E-state index in [0.29, 0.717) is 6.42 Å². The number of carbonyl (C=O) groups excluding carboxylic acids is 1. The third-order valence-corrected chi connectivity index (χ3v) is 5.01. The van der Waals surface area contributed by atoms with Crippen LogP contribution in [0.3, 0.4) is 0 Å². The summed E-state index contributed by atoms with van der Waals surface area (Å²) in [7, 11) is 0. The lowest BCUT2D eigenvalue weighted by molar-refractivity contribution is -0.176. The monoisotopic (exact) mass is 248 g/mol. The van der Waals surface area contributed by atoms with E-state index in [4.69, 9.17) is 4.74 Å². The molecule has 1 aliphatic heterocycles. The Hall–Kier alpha value is -2.09. The lowest BCUT2D eigenvalue weighted by atomic mass is 9.86. The van der Waals surface area contributed by atoms with Crippen molar-refractivity contribution in [3.8, 4) is 11.1 Å². The molecule has 2 spiro atoms. The van der Waals surface area contributed by atoms with Crippen molar-refractivity contribution in [2.75, 3.05) is 0 Å². The van der Waals surface area contributed by atoms with Crippen LogP contribution in [-0.2, 0) is 14.9 Å². The average molecular weight is 248 g/mol. The van der Waals surface area contributed by atoms with Crippen LogP contribution < -0.4 is 0 Å². The summed E-state index contributed by atoms with van der Waals surface area (Å²) in [5.41, 5.74) is 4.98. The van der Waals surface area contributed by atoms with E-state index in [-0.39, 0.29) is 17.0 Å². The van der Waals surface area contributed by atoms with Crippen LogP contribution in [0.2, 0.25) is 0 Å². The van der Waals surface area contributed by atoms with Crippen LogP contribution in [0.25, 0.3) is 11.1 Å². The lowest BCUT2D eigenvalue weighted by Gasteiger charge is -2.31. The van der Waals surface area contributed by atoms with E-state index in [9.17, 15) is 4.79 Å². The van der Waals surface area contributed by atoms with Gasteiger partial charge in [0.1, 0.15) is 5.60 Å². The first-order chi connectivity index (χ1) is 9.27. The first kappa shape index (κ1) is 9.79. The first-order valence-electron chi connectivity index (χ1n) is 6.68. The molecule has 2 aromatic rings. The lowest BCUT2D eigenvalue weighted by Crippen LogP contribution is -2.41. The van der Waals surface area contributed by atoms with E-state index in [1.807, 2.05) is 0 Å². The molecule has 2 aromatic carbocycles. The topological polar surface area (TPSA) is 26.3 Å². The van der Waals surface area contributed by atoms with Gasteiger partial charge in [0.15, 0.2) is 0 Å². The summed E-state index contributed by atoms with van der Waals surface area (Å²) in [4.78, 5) is 11.3. The standard InChI is InChI=1S/C17H12O2/c18-15-9-16(19-15)10-17(16)13-7-3-1-5-11(13)12-6-2-4-8-14(12)17/h1-8H,9-10H2/t16-/m0/s1. The average Bonchev–Trinajstić information content (AvgIpc) is 3.00. The molecule has 0 N–H and O–H groups in total. The van der Waals surface area contributed by atoms with E-state index >= 15 is 0 Å². The Morgan fingerprint density at radius 2 is 1.42 bits per heavy atom. The summed E-state index contributed by atoms with van der Waals surface area (Å²) in [6.07, 6.45) is 1.51. The predicted octanol–water partition coefficient (Wildman–Crippen LogP) is 3.04. The minimum atomic E-state index is -0.243. The van der Waals surface area contributed by atoms with Gasteiger partial charge in [-0.3, -0.25) is 4.79 Å². The van der Waals surface area contributed by atoms with Crippen LogP contribution in [0.1, 0.15) is 24.0 Å². The fourth-order valence-electron chi connectivity index (χ4n) is 4.17. The van der Waals surface area contributed by atoms with Gasteiger partial charge >= 0.3 is 5.97 Å². The summed E-state index contributed by atoms with van der Waals surface area (Å²) in [5.74, 6) is -0.0567. The molecule has 0 aromatic heterocycles. The number of esters is 1. The molecule has 1 atom stereocenters. The van der Waals surface area contributed by atoms with Gasteiger partial charge in [-0.05, 0) is 22.3 Å². The van der Waals surface area contributed by atoms with Crippen molar-refractivity contribution in [3.05, 3.63) is 59.7 Å². The highest BCUT2D eigenvalue weighted by Crippen LogP contribution is 2.73. The maximum Gasteiger partial charge on any atom is 0.310 e. The second kappa shape index (κ2) is 2.74. The Bertz CT molecular complexity index is 691. The van der Waals surface area contributed by atoms with Crippen LogP contribution in [0.4, 0.5) is 0 Å². The molecule has 2 heteroatoms. The van der Waals surface area contributed by atoms with Crippen molar-refractivity contribution in [2.45, 2.75) is 23.9 Å². The van der Waals surface area contributed by atoms with Gasteiger partial charge in [0.25, 0.3) is 0 Å². The fourth-order valence-corrected chi connectivity index (χ4v) is 4.17. The summed E-state index contributed by atoms with van der Waals surface area (Å²) in [5, 5.41) is 0. The van der Waals surface area contributed by atoms with Crippen molar-refractivity contribution >= 4 is 5.97 Å². The summed E-state index contributed by atoms with van der Waals surface area (Å²) in [6.45, 7) is 0. The van der Waals surface area contributed by atoms with E-state index in [0.717, 1.165) is 6.42 Å². The number of hydrogen-bond donors (Lipinski definition) is 0. The highest BCUT2D eigenvalue weighted by atomic mass is 16.6. The zero-order chi connectivity index (χ0) is 12.7. The summed E-state index contributed by atoms with van der Waals surface area (Å²) in [6, 6.07) is 17.1. The van der Waals surface area contributed by atoms with Gasteiger partial charge in [0, 0.05) is 6.42 Å². The van der Waals surface area contributed by atoms with Crippen molar-refractivity contribution in [2.24, 2.45) is 0 Å². The van der Waals surface area contributed by atoms with Crippen LogP contribution in [0, 0.1) is 0 Å². The van der Waals surface area contributed by atoms with Gasteiger partial charge in [-0.15, -0.1) is 0 Å². The molecule has 2 nitrogen and oxygen atoms in total. The normalized spacial score (nSPS) is 27.7. The molecule has 0 bridgehead atoms. The summed E-state index contributed by atoms with van der Waals surface area (Å²) >= 11 is 0.